The van der Waals surface area contributed by atoms with Crippen LogP contribution in [-0.2, 0) is 4.74 Å². The second-order valence-corrected chi connectivity index (χ2v) is 6.80. The summed E-state index contributed by atoms with van der Waals surface area (Å²) in [6, 6.07) is 2.27. The van der Waals surface area contributed by atoms with Crippen LogP contribution in [0.5, 0.6) is 5.75 Å². The van der Waals surface area contributed by atoms with Crippen LogP contribution in [0.15, 0.2) is 12.1 Å². The Morgan fingerprint density at radius 2 is 2.04 bits per heavy atom. The quantitative estimate of drug-likeness (QED) is 0.849. The lowest BCUT2D eigenvalue weighted by atomic mass is 10.1. The lowest BCUT2D eigenvalue weighted by molar-refractivity contribution is 0.0525. The van der Waals surface area contributed by atoms with E-state index >= 15 is 0 Å². The number of rotatable bonds is 6. The minimum absolute atomic E-state index is 0.0402. The highest BCUT2D eigenvalue weighted by Crippen LogP contribution is 2.51. The zero-order valence-electron chi connectivity index (χ0n) is 14.0. The van der Waals surface area contributed by atoms with Crippen LogP contribution in [0.2, 0.25) is 0 Å². The molecule has 24 heavy (non-hydrogen) atoms. The molecule has 0 spiro atoms. The molecule has 0 radical (unpaired) electrons. The smallest absolute Gasteiger partial charge is 0.407 e. The van der Waals surface area contributed by atoms with Crippen molar-refractivity contribution < 1.29 is 27.4 Å². The molecule has 0 aromatic heterocycles. The number of nitrogens with one attached hydrogen (secondary N) is 1. The van der Waals surface area contributed by atoms with Crippen LogP contribution in [0.1, 0.15) is 38.7 Å². The molecule has 2 unspecified atom stereocenters. The van der Waals surface area contributed by atoms with E-state index in [0.29, 0.717) is 6.42 Å². The number of carbonyl (C=O) groups is 1. The van der Waals surface area contributed by atoms with Crippen molar-refractivity contribution in [2.45, 2.75) is 38.7 Å². The van der Waals surface area contributed by atoms with Gasteiger partial charge in [-0.05, 0) is 51.2 Å². The number of alkyl carbamates (subject to hydrolysis) is 1. The van der Waals surface area contributed by atoms with E-state index in [9.17, 15) is 18.0 Å². The van der Waals surface area contributed by atoms with Crippen molar-refractivity contribution >= 4 is 6.09 Å². The zero-order valence-corrected chi connectivity index (χ0v) is 14.0. The summed E-state index contributed by atoms with van der Waals surface area (Å²) in [5, 5.41) is 2.62. The van der Waals surface area contributed by atoms with Crippen molar-refractivity contribution in [3.05, 3.63) is 29.3 Å². The number of hydrogen-bond acceptors (Lipinski definition) is 3. The number of carbonyl (C=O) groups excluding carboxylic acids is 1. The number of halogens is 3. The van der Waals surface area contributed by atoms with Gasteiger partial charge in [-0.15, -0.1) is 0 Å². The van der Waals surface area contributed by atoms with Crippen molar-refractivity contribution in [2.75, 3.05) is 19.8 Å². The molecule has 7 heteroatoms. The van der Waals surface area contributed by atoms with Crippen LogP contribution < -0.4 is 10.1 Å². The van der Waals surface area contributed by atoms with Gasteiger partial charge in [-0.3, -0.25) is 0 Å². The van der Waals surface area contributed by atoms with Gasteiger partial charge >= 0.3 is 6.09 Å². The second kappa shape index (κ2) is 7.32. The molecule has 0 bridgehead atoms. The van der Waals surface area contributed by atoms with E-state index in [-0.39, 0.29) is 36.3 Å². The molecule has 0 saturated heterocycles. The highest BCUT2D eigenvalue weighted by molar-refractivity contribution is 5.67. The SMILES string of the molecule is CC(C)(C)OC(=O)NCC1CC1c1c(OCCF)ccc(F)c1F. The minimum Gasteiger partial charge on any atom is -0.490 e. The molecule has 134 valence electrons. The van der Waals surface area contributed by atoms with Crippen LogP contribution in [0.4, 0.5) is 18.0 Å². The van der Waals surface area contributed by atoms with Gasteiger partial charge in [0, 0.05) is 12.1 Å². The summed E-state index contributed by atoms with van der Waals surface area (Å²) in [7, 11) is 0. The maximum Gasteiger partial charge on any atom is 0.407 e. The Morgan fingerprint density at radius 1 is 1.33 bits per heavy atom. The molecule has 2 atom stereocenters. The number of amides is 1. The molecule has 4 nitrogen and oxygen atoms in total. The van der Waals surface area contributed by atoms with Gasteiger partial charge in [-0.25, -0.2) is 18.0 Å². The lowest BCUT2D eigenvalue weighted by Gasteiger charge is -2.19. The molecular formula is C17H22F3NO3. The molecule has 1 aromatic rings. The van der Waals surface area contributed by atoms with Crippen LogP contribution in [0, 0.1) is 17.6 Å². The summed E-state index contributed by atoms with van der Waals surface area (Å²) >= 11 is 0. The first kappa shape index (κ1) is 18.4. The highest BCUT2D eigenvalue weighted by Gasteiger charge is 2.42. The summed E-state index contributed by atoms with van der Waals surface area (Å²) in [5.41, 5.74) is -0.492. The molecule has 1 N–H and O–H groups in total. The fourth-order valence-electron chi connectivity index (χ4n) is 2.52. The van der Waals surface area contributed by atoms with Crippen molar-refractivity contribution in [3.8, 4) is 5.75 Å². The van der Waals surface area contributed by atoms with E-state index in [1.807, 2.05) is 0 Å². The summed E-state index contributed by atoms with van der Waals surface area (Å²) in [6.45, 7) is 4.62. The highest BCUT2D eigenvalue weighted by atomic mass is 19.2. The fraction of sp³-hybridized carbons (Fsp3) is 0.588. The Kier molecular flexibility index (Phi) is 5.62. The van der Waals surface area contributed by atoms with Crippen LogP contribution in [-0.4, -0.2) is 31.5 Å². The Bertz CT molecular complexity index is 601. The number of hydrogen-bond donors (Lipinski definition) is 1. The van der Waals surface area contributed by atoms with Gasteiger partial charge in [0.15, 0.2) is 11.6 Å². The Balaban J connectivity index is 1.99. The first-order valence-electron chi connectivity index (χ1n) is 7.86. The third-order valence-corrected chi connectivity index (χ3v) is 3.63. The van der Waals surface area contributed by atoms with E-state index in [1.54, 1.807) is 20.8 Å². The second-order valence-electron chi connectivity index (χ2n) is 6.80. The van der Waals surface area contributed by atoms with E-state index in [2.05, 4.69) is 5.32 Å². The van der Waals surface area contributed by atoms with E-state index in [0.717, 1.165) is 6.07 Å². The Hall–Kier alpha value is -1.92. The fourth-order valence-corrected chi connectivity index (χ4v) is 2.52. The van der Waals surface area contributed by atoms with Crippen molar-refractivity contribution in [2.24, 2.45) is 5.92 Å². The van der Waals surface area contributed by atoms with Crippen LogP contribution in [0.25, 0.3) is 0 Å². The average Bonchev–Trinajstić information content (AvgIpc) is 3.24. The van der Waals surface area contributed by atoms with Gasteiger partial charge in [0.05, 0.1) is 0 Å². The minimum atomic E-state index is -0.976. The maximum atomic E-state index is 14.1. The molecule has 1 saturated carbocycles. The van der Waals surface area contributed by atoms with Gasteiger partial charge < -0.3 is 14.8 Å². The number of benzene rings is 1. The third-order valence-electron chi connectivity index (χ3n) is 3.63. The number of alkyl halides is 1. The number of ether oxygens (including phenoxy) is 2. The molecular weight excluding hydrogens is 323 g/mol. The molecule has 0 aliphatic heterocycles. The van der Waals surface area contributed by atoms with Crippen LogP contribution in [0.3, 0.4) is 0 Å². The summed E-state index contributed by atoms with van der Waals surface area (Å²) in [5.74, 6) is -2.11. The Morgan fingerprint density at radius 3 is 2.67 bits per heavy atom. The van der Waals surface area contributed by atoms with Gasteiger partial charge in [-0.1, -0.05) is 0 Å². The van der Waals surface area contributed by atoms with Crippen LogP contribution >= 0.6 is 0 Å². The molecule has 1 fully saturated rings. The van der Waals surface area contributed by atoms with E-state index < -0.39 is 30.0 Å². The van der Waals surface area contributed by atoms with Gasteiger partial charge in [0.25, 0.3) is 0 Å². The normalized spacial score (nSPS) is 19.8. The van der Waals surface area contributed by atoms with E-state index in [4.69, 9.17) is 9.47 Å². The van der Waals surface area contributed by atoms with Gasteiger partial charge in [0.2, 0.25) is 0 Å². The molecule has 1 aromatic carbocycles. The topological polar surface area (TPSA) is 47.6 Å². The predicted octanol–water partition coefficient (Wildman–Crippen LogP) is 3.94. The predicted molar refractivity (Wildman–Crippen MR) is 82.9 cm³/mol. The monoisotopic (exact) mass is 345 g/mol. The molecule has 0 heterocycles. The lowest BCUT2D eigenvalue weighted by Crippen LogP contribution is -2.33. The third kappa shape index (κ3) is 4.79. The van der Waals surface area contributed by atoms with Gasteiger partial charge in [-0.2, -0.15) is 0 Å². The van der Waals surface area contributed by atoms with Gasteiger partial charge in [0.1, 0.15) is 24.6 Å². The summed E-state index contributed by atoms with van der Waals surface area (Å²) in [4.78, 5) is 11.6. The van der Waals surface area contributed by atoms with Crippen molar-refractivity contribution in [1.82, 2.24) is 5.32 Å². The zero-order chi connectivity index (χ0) is 17.9. The maximum absolute atomic E-state index is 14.1. The molecule has 1 aliphatic carbocycles. The van der Waals surface area contributed by atoms with Crippen molar-refractivity contribution in [1.29, 1.82) is 0 Å². The molecule has 2 rings (SSSR count). The van der Waals surface area contributed by atoms with E-state index in [1.165, 1.54) is 6.07 Å². The standard InChI is InChI=1S/C17H22F3NO3/c1-17(2,3)24-16(22)21-9-10-8-11(10)14-13(23-7-6-18)5-4-12(19)15(14)20/h4-5,10-11H,6-9H2,1-3H3,(H,21,22). The molecule has 1 amide bonds. The average molecular weight is 345 g/mol. The van der Waals surface area contributed by atoms with Crippen molar-refractivity contribution in [3.63, 3.8) is 0 Å². The Labute approximate surface area is 139 Å². The summed E-state index contributed by atoms with van der Waals surface area (Å²) in [6.07, 6.45) is 0.0316. The first-order valence-corrected chi connectivity index (χ1v) is 7.86. The molecule has 1 aliphatic rings. The largest absolute Gasteiger partial charge is 0.490 e. The summed E-state index contributed by atoms with van der Waals surface area (Å²) < 4.78 is 50.2. The first-order chi connectivity index (χ1) is 11.2.